The van der Waals surface area contributed by atoms with E-state index in [1.165, 1.54) is 6.07 Å². The first-order chi connectivity index (χ1) is 15.0. The van der Waals surface area contributed by atoms with Gasteiger partial charge in [0.2, 0.25) is 11.8 Å². The van der Waals surface area contributed by atoms with E-state index in [9.17, 15) is 10.1 Å². The summed E-state index contributed by atoms with van der Waals surface area (Å²) in [5.74, 6) is 0.541. The highest BCUT2D eigenvalue weighted by Gasteiger charge is 2.15. The van der Waals surface area contributed by atoms with Gasteiger partial charge in [-0.25, -0.2) is 15.0 Å². The molecule has 3 aromatic heterocycles. The standard InChI is InChI=1S/C19H23ClN8O3/c20-16-10-17-23-14(11-26-6-8-31-9-7-26)12-27(17)19(25-16)22-5-1-2-13-3-4-15(28(29)30)18(21)24-13/h3-4,10,12H,1-2,5-9,11H2,(H2,21,24)(H,22,25). The number of nitrogens with zero attached hydrogens (tertiary/aromatic N) is 6. The molecule has 12 heteroatoms. The molecule has 0 aromatic carbocycles. The van der Waals surface area contributed by atoms with Crippen LogP contribution in [0.15, 0.2) is 24.4 Å². The molecular formula is C19H23ClN8O3. The summed E-state index contributed by atoms with van der Waals surface area (Å²) in [5, 5.41) is 14.5. The number of nitro groups is 1. The van der Waals surface area contributed by atoms with Gasteiger partial charge in [-0.05, 0) is 18.9 Å². The van der Waals surface area contributed by atoms with Gasteiger partial charge in [-0.2, -0.15) is 0 Å². The van der Waals surface area contributed by atoms with E-state index in [1.807, 2.05) is 10.6 Å². The maximum Gasteiger partial charge on any atom is 0.311 e. The number of hydrogen-bond acceptors (Lipinski definition) is 9. The van der Waals surface area contributed by atoms with Crippen LogP contribution in [0.4, 0.5) is 17.5 Å². The summed E-state index contributed by atoms with van der Waals surface area (Å²) in [5.41, 5.74) is 7.85. The number of ether oxygens (including phenoxy) is 1. The fourth-order valence-corrected chi connectivity index (χ4v) is 3.65. The molecule has 31 heavy (non-hydrogen) atoms. The monoisotopic (exact) mass is 446 g/mol. The van der Waals surface area contributed by atoms with E-state index in [-0.39, 0.29) is 11.5 Å². The van der Waals surface area contributed by atoms with E-state index in [1.54, 1.807) is 12.1 Å². The molecule has 1 saturated heterocycles. The smallest absolute Gasteiger partial charge is 0.311 e. The van der Waals surface area contributed by atoms with Crippen molar-refractivity contribution in [1.82, 2.24) is 24.3 Å². The van der Waals surface area contributed by atoms with Crippen LogP contribution in [-0.2, 0) is 17.7 Å². The average Bonchev–Trinajstić information content (AvgIpc) is 3.13. The predicted molar refractivity (Wildman–Crippen MR) is 116 cm³/mol. The van der Waals surface area contributed by atoms with E-state index in [4.69, 9.17) is 22.1 Å². The molecular weight excluding hydrogens is 424 g/mol. The summed E-state index contributed by atoms with van der Waals surface area (Å²) in [7, 11) is 0. The molecule has 0 atom stereocenters. The number of aromatic nitrogens is 4. The van der Waals surface area contributed by atoms with Crippen molar-refractivity contribution in [2.75, 3.05) is 43.9 Å². The summed E-state index contributed by atoms with van der Waals surface area (Å²) in [4.78, 5) is 25.8. The minimum absolute atomic E-state index is 0.0695. The third-order valence-electron chi connectivity index (χ3n) is 5.01. The van der Waals surface area contributed by atoms with Crippen molar-refractivity contribution in [3.63, 3.8) is 0 Å². The molecule has 0 radical (unpaired) electrons. The van der Waals surface area contributed by atoms with Gasteiger partial charge in [-0.1, -0.05) is 11.6 Å². The number of pyridine rings is 1. The van der Waals surface area contributed by atoms with Crippen LogP contribution in [0.2, 0.25) is 5.15 Å². The molecule has 0 bridgehead atoms. The number of aryl methyl sites for hydroxylation is 1. The second-order valence-corrected chi connectivity index (χ2v) is 7.63. The number of nitrogens with one attached hydrogen (secondary N) is 1. The largest absolute Gasteiger partial charge is 0.379 e. The van der Waals surface area contributed by atoms with Crippen molar-refractivity contribution in [2.45, 2.75) is 19.4 Å². The fraction of sp³-hybridized carbons (Fsp3) is 0.421. The summed E-state index contributed by atoms with van der Waals surface area (Å²) in [6, 6.07) is 4.74. The molecule has 0 aliphatic carbocycles. The highest BCUT2D eigenvalue weighted by atomic mass is 35.5. The molecule has 4 rings (SSSR count). The van der Waals surface area contributed by atoms with Gasteiger partial charge in [0.25, 0.3) is 0 Å². The molecule has 1 fully saturated rings. The van der Waals surface area contributed by atoms with Crippen LogP contribution in [0.25, 0.3) is 5.65 Å². The number of nitrogens with two attached hydrogens (primary N) is 1. The minimum atomic E-state index is -0.540. The summed E-state index contributed by atoms with van der Waals surface area (Å²) < 4.78 is 7.29. The van der Waals surface area contributed by atoms with Crippen LogP contribution in [-0.4, -0.2) is 62.0 Å². The lowest BCUT2D eigenvalue weighted by Crippen LogP contribution is -2.35. The van der Waals surface area contributed by atoms with Gasteiger partial charge in [-0.3, -0.25) is 19.4 Å². The van der Waals surface area contributed by atoms with Gasteiger partial charge in [0.1, 0.15) is 10.8 Å². The van der Waals surface area contributed by atoms with E-state index in [0.29, 0.717) is 29.8 Å². The fourth-order valence-electron chi connectivity index (χ4n) is 3.47. The maximum absolute atomic E-state index is 10.8. The van der Waals surface area contributed by atoms with E-state index < -0.39 is 4.92 Å². The average molecular weight is 447 g/mol. The first-order valence-corrected chi connectivity index (χ1v) is 10.4. The second kappa shape index (κ2) is 9.41. The minimum Gasteiger partial charge on any atom is -0.379 e. The Morgan fingerprint density at radius 2 is 2.03 bits per heavy atom. The van der Waals surface area contributed by atoms with Crippen LogP contribution < -0.4 is 11.1 Å². The lowest BCUT2D eigenvalue weighted by Gasteiger charge is -2.25. The van der Waals surface area contributed by atoms with Gasteiger partial charge >= 0.3 is 5.69 Å². The molecule has 164 valence electrons. The molecule has 11 nitrogen and oxygen atoms in total. The number of hydrogen-bond donors (Lipinski definition) is 2. The number of anilines is 2. The van der Waals surface area contributed by atoms with Gasteiger partial charge in [0.15, 0.2) is 0 Å². The molecule has 0 unspecified atom stereocenters. The van der Waals surface area contributed by atoms with Crippen LogP contribution in [0.3, 0.4) is 0 Å². The normalized spacial score (nSPS) is 14.7. The van der Waals surface area contributed by atoms with Crippen LogP contribution >= 0.6 is 11.6 Å². The Morgan fingerprint density at radius 3 is 2.77 bits per heavy atom. The molecule has 1 aliphatic heterocycles. The first-order valence-electron chi connectivity index (χ1n) is 9.98. The molecule has 3 N–H and O–H groups in total. The van der Waals surface area contributed by atoms with Crippen molar-refractivity contribution in [3.8, 4) is 0 Å². The summed E-state index contributed by atoms with van der Waals surface area (Å²) in [6.45, 7) is 4.61. The van der Waals surface area contributed by atoms with Gasteiger partial charge in [0.05, 0.1) is 23.8 Å². The van der Waals surface area contributed by atoms with E-state index >= 15 is 0 Å². The molecule has 3 aromatic rings. The number of nitrogen functional groups attached to an aromatic ring is 1. The van der Waals surface area contributed by atoms with Crippen LogP contribution in [0, 0.1) is 10.1 Å². The molecule has 0 saturated carbocycles. The lowest BCUT2D eigenvalue weighted by atomic mass is 10.2. The van der Waals surface area contributed by atoms with Gasteiger partial charge < -0.3 is 15.8 Å². The van der Waals surface area contributed by atoms with Crippen LogP contribution in [0.1, 0.15) is 17.8 Å². The zero-order valence-corrected chi connectivity index (χ0v) is 17.6. The zero-order valence-electron chi connectivity index (χ0n) is 16.8. The Kier molecular flexibility index (Phi) is 6.44. The Hall–Kier alpha value is -3.02. The lowest BCUT2D eigenvalue weighted by molar-refractivity contribution is -0.384. The summed E-state index contributed by atoms with van der Waals surface area (Å²) >= 11 is 6.18. The number of rotatable bonds is 8. The topological polar surface area (TPSA) is 137 Å². The number of imidazole rings is 1. The quantitative estimate of drug-likeness (QED) is 0.230. The Labute approximate surface area is 183 Å². The maximum atomic E-state index is 10.8. The Balaban J connectivity index is 1.38. The van der Waals surface area contributed by atoms with Crippen molar-refractivity contribution < 1.29 is 9.66 Å². The van der Waals surface area contributed by atoms with E-state index in [0.717, 1.165) is 50.6 Å². The van der Waals surface area contributed by atoms with Gasteiger partial charge in [0, 0.05) is 50.2 Å². The predicted octanol–water partition coefficient (Wildman–Crippen LogP) is 2.14. The zero-order chi connectivity index (χ0) is 21.8. The second-order valence-electron chi connectivity index (χ2n) is 7.25. The number of morpholine rings is 1. The molecule has 1 aliphatic rings. The van der Waals surface area contributed by atoms with Crippen molar-refractivity contribution in [1.29, 1.82) is 0 Å². The van der Waals surface area contributed by atoms with Crippen molar-refractivity contribution in [2.24, 2.45) is 0 Å². The molecule has 4 heterocycles. The number of fused-ring (bicyclic) bond motifs is 1. The third-order valence-corrected chi connectivity index (χ3v) is 5.20. The highest BCUT2D eigenvalue weighted by molar-refractivity contribution is 6.29. The van der Waals surface area contributed by atoms with Crippen molar-refractivity contribution >= 4 is 34.7 Å². The van der Waals surface area contributed by atoms with Crippen LogP contribution in [0.5, 0.6) is 0 Å². The number of halogens is 1. The third kappa shape index (κ3) is 5.19. The molecule has 0 spiro atoms. The van der Waals surface area contributed by atoms with Gasteiger partial charge in [-0.15, -0.1) is 0 Å². The first kappa shape index (κ1) is 21.2. The van der Waals surface area contributed by atoms with Crippen molar-refractivity contribution in [3.05, 3.63) is 51.1 Å². The Bertz CT molecular complexity index is 1080. The molecule has 0 amide bonds. The highest BCUT2D eigenvalue weighted by Crippen LogP contribution is 2.20. The van der Waals surface area contributed by atoms with E-state index in [2.05, 4.69) is 25.2 Å². The SMILES string of the molecule is Nc1nc(CCCNc2nc(Cl)cc3nc(CN4CCOCC4)cn23)ccc1[N+](=O)[O-]. The Morgan fingerprint density at radius 1 is 1.23 bits per heavy atom. The summed E-state index contributed by atoms with van der Waals surface area (Å²) in [6.07, 6.45) is 3.31.